The number of benzene rings is 2. The number of carbonyl (C=O) groups excluding carboxylic acids is 2. The van der Waals surface area contributed by atoms with E-state index in [1.165, 1.54) is 4.90 Å². The fourth-order valence-corrected chi connectivity index (χ4v) is 3.12. The highest BCUT2D eigenvalue weighted by Gasteiger charge is 2.15. The van der Waals surface area contributed by atoms with Crippen molar-refractivity contribution in [3.63, 3.8) is 0 Å². The molecule has 1 fully saturated rings. The molecule has 142 valence electrons. The van der Waals surface area contributed by atoms with Gasteiger partial charge in [-0.05, 0) is 24.3 Å². The summed E-state index contributed by atoms with van der Waals surface area (Å²) >= 11 is 0. The Bertz CT molecular complexity index is 758. The molecule has 2 amide bonds. The molecule has 2 aromatic carbocycles. The first kappa shape index (κ1) is 19.1. The van der Waals surface area contributed by atoms with E-state index in [-0.39, 0.29) is 11.8 Å². The molecule has 0 aromatic heterocycles. The van der Waals surface area contributed by atoms with Gasteiger partial charge in [-0.15, -0.1) is 0 Å². The van der Waals surface area contributed by atoms with E-state index in [2.05, 4.69) is 10.6 Å². The number of carbonyl (C=O) groups is 2. The summed E-state index contributed by atoms with van der Waals surface area (Å²) in [6.07, 6.45) is 0.916. The van der Waals surface area contributed by atoms with Gasteiger partial charge in [-0.2, -0.15) is 0 Å². The van der Waals surface area contributed by atoms with E-state index < -0.39 is 0 Å². The van der Waals surface area contributed by atoms with Gasteiger partial charge in [-0.3, -0.25) is 9.59 Å². The van der Waals surface area contributed by atoms with Crippen LogP contribution in [0.4, 0.5) is 5.69 Å². The molecule has 1 heterocycles. The second kappa shape index (κ2) is 9.85. The van der Waals surface area contributed by atoms with Crippen molar-refractivity contribution < 1.29 is 19.2 Å². The number of para-hydroxylation sites is 1. The molecule has 3 N–H and O–H groups in total. The first-order valence-corrected chi connectivity index (χ1v) is 9.39. The van der Waals surface area contributed by atoms with Crippen LogP contribution >= 0.6 is 0 Å². The normalized spacial score (nSPS) is 14.5. The summed E-state index contributed by atoms with van der Waals surface area (Å²) in [4.78, 5) is 26.4. The average Bonchev–Trinajstić information content (AvgIpc) is 2.73. The van der Waals surface area contributed by atoms with Gasteiger partial charge in [-0.1, -0.05) is 30.3 Å². The Hall–Kier alpha value is -2.70. The zero-order valence-electron chi connectivity index (χ0n) is 15.4. The van der Waals surface area contributed by atoms with Crippen LogP contribution in [0.3, 0.4) is 0 Å². The van der Waals surface area contributed by atoms with Crippen LogP contribution in [0.25, 0.3) is 0 Å². The summed E-state index contributed by atoms with van der Waals surface area (Å²) in [5.41, 5.74) is 1.55. The number of nitrogens with one attached hydrogen (secondary N) is 3. The molecule has 0 atom stereocenters. The highest BCUT2D eigenvalue weighted by Crippen LogP contribution is 2.16. The van der Waals surface area contributed by atoms with Crippen molar-refractivity contribution in [1.82, 2.24) is 5.32 Å². The number of anilines is 1. The minimum absolute atomic E-state index is 0.170. The molecular weight excluding hydrogens is 342 g/mol. The number of ether oxygens (including phenoxy) is 1. The van der Waals surface area contributed by atoms with Gasteiger partial charge >= 0.3 is 0 Å². The lowest BCUT2D eigenvalue weighted by Gasteiger charge is -2.23. The lowest BCUT2D eigenvalue weighted by Crippen LogP contribution is -3.14. The molecule has 3 rings (SSSR count). The summed E-state index contributed by atoms with van der Waals surface area (Å²) in [5, 5.41) is 5.79. The van der Waals surface area contributed by atoms with Gasteiger partial charge < -0.3 is 20.3 Å². The Morgan fingerprint density at radius 3 is 2.41 bits per heavy atom. The van der Waals surface area contributed by atoms with Crippen molar-refractivity contribution >= 4 is 17.5 Å². The monoisotopic (exact) mass is 368 g/mol. The summed E-state index contributed by atoms with van der Waals surface area (Å²) in [6.45, 7) is 5.33. The van der Waals surface area contributed by atoms with E-state index in [1.807, 2.05) is 18.2 Å². The van der Waals surface area contributed by atoms with E-state index in [1.54, 1.807) is 36.4 Å². The molecule has 6 heteroatoms. The molecule has 0 aliphatic carbocycles. The molecule has 27 heavy (non-hydrogen) atoms. The van der Waals surface area contributed by atoms with Gasteiger partial charge in [0.25, 0.3) is 11.8 Å². The molecule has 0 radical (unpaired) electrons. The topological polar surface area (TPSA) is 71.9 Å². The molecule has 2 aromatic rings. The molecule has 0 bridgehead atoms. The fraction of sp³-hybridized carbons (Fsp3) is 0.333. The summed E-state index contributed by atoms with van der Waals surface area (Å²) in [5.74, 6) is -0.400. The van der Waals surface area contributed by atoms with Crippen molar-refractivity contribution in [2.45, 2.75) is 6.42 Å². The molecule has 0 saturated carbocycles. The summed E-state index contributed by atoms with van der Waals surface area (Å²) in [6, 6.07) is 16.0. The number of hydrogen-bond donors (Lipinski definition) is 3. The predicted molar refractivity (Wildman–Crippen MR) is 104 cm³/mol. The smallest absolute Gasteiger partial charge is 0.255 e. The lowest BCUT2D eigenvalue weighted by atomic mass is 10.1. The molecule has 1 aliphatic rings. The summed E-state index contributed by atoms with van der Waals surface area (Å²) < 4.78 is 5.35. The van der Waals surface area contributed by atoms with Gasteiger partial charge in [0.05, 0.1) is 31.0 Å². The van der Waals surface area contributed by atoms with Crippen molar-refractivity contribution in [2.75, 3.05) is 44.7 Å². The maximum absolute atomic E-state index is 12.5. The zero-order valence-corrected chi connectivity index (χ0v) is 15.4. The van der Waals surface area contributed by atoms with E-state index in [0.717, 1.165) is 39.3 Å². The third-order valence-corrected chi connectivity index (χ3v) is 4.65. The minimum atomic E-state index is -0.230. The highest BCUT2D eigenvalue weighted by atomic mass is 16.5. The number of amides is 2. The zero-order chi connectivity index (χ0) is 18.9. The van der Waals surface area contributed by atoms with Crippen molar-refractivity contribution in [2.24, 2.45) is 0 Å². The molecule has 1 saturated heterocycles. The molecule has 1 aliphatic heterocycles. The average molecular weight is 368 g/mol. The molecule has 0 spiro atoms. The standard InChI is InChI=1S/C21H25N3O3/c25-20(17-7-2-1-3-8-17)23-19-10-5-4-9-18(19)21(26)22-11-6-12-24-13-15-27-16-14-24/h1-5,7-10H,6,11-16H2,(H,22,26)(H,23,25)/p+1. The SMILES string of the molecule is O=C(Nc1ccccc1C(=O)NCCC[NH+]1CCOCC1)c1ccccc1. The first-order valence-electron chi connectivity index (χ1n) is 9.39. The summed E-state index contributed by atoms with van der Waals surface area (Å²) in [7, 11) is 0. The van der Waals surface area contributed by atoms with Gasteiger partial charge in [0.1, 0.15) is 13.1 Å². The van der Waals surface area contributed by atoms with Crippen LogP contribution in [0.15, 0.2) is 54.6 Å². The van der Waals surface area contributed by atoms with Gasteiger partial charge in [0.15, 0.2) is 0 Å². The van der Waals surface area contributed by atoms with E-state index in [9.17, 15) is 9.59 Å². The number of hydrogen-bond acceptors (Lipinski definition) is 3. The molecule has 6 nitrogen and oxygen atoms in total. The van der Waals surface area contributed by atoms with Crippen LogP contribution in [0.5, 0.6) is 0 Å². The quantitative estimate of drug-likeness (QED) is 0.638. The second-order valence-corrected chi connectivity index (χ2v) is 6.59. The predicted octanol–water partition coefficient (Wildman–Crippen LogP) is 0.974. The maximum atomic E-state index is 12.5. The highest BCUT2D eigenvalue weighted by molar-refractivity contribution is 6.08. The number of quaternary nitrogens is 1. The van der Waals surface area contributed by atoms with Crippen LogP contribution in [0.1, 0.15) is 27.1 Å². The Kier molecular flexibility index (Phi) is 6.96. The van der Waals surface area contributed by atoms with Crippen molar-refractivity contribution in [3.05, 3.63) is 65.7 Å². The van der Waals surface area contributed by atoms with Crippen LogP contribution < -0.4 is 15.5 Å². The van der Waals surface area contributed by atoms with E-state index in [4.69, 9.17) is 4.74 Å². The Morgan fingerprint density at radius 1 is 0.926 bits per heavy atom. The van der Waals surface area contributed by atoms with Crippen molar-refractivity contribution in [3.8, 4) is 0 Å². The minimum Gasteiger partial charge on any atom is -0.370 e. The largest absolute Gasteiger partial charge is 0.370 e. The Labute approximate surface area is 159 Å². The third kappa shape index (κ3) is 5.64. The van der Waals surface area contributed by atoms with Gasteiger partial charge in [0.2, 0.25) is 0 Å². The van der Waals surface area contributed by atoms with E-state index >= 15 is 0 Å². The van der Waals surface area contributed by atoms with Gasteiger partial charge in [0, 0.05) is 18.5 Å². The third-order valence-electron chi connectivity index (χ3n) is 4.65. The van der Waals surface area contributed by atoms with Crippen LogP contribution in [0.2, 0.25) is 0 Å². The maximum Gasteiger partial charge on any atom is 0.255 e. The molecule has 0 unspecified atom stereocenters. The number of rotatable bonds is 7. The Morgan fingerprint density at radius 2 is 1.63 bits per heavy atom. The fourth-order valence-electron chi connectivity index (χ4n) is 3.12. The van der Waals surface area contributed by atoms with E-state index in [0.29, 0.717) is 23.4 Å². The molecular formula is C21H26N3O3+. The van der Waals surface area contributed by atoms with Crippen LogP contribution in [-0.4, -0.2) is 51.2 Å². The first-order chi connectivity index (χ1) is 13.2. The second-order valence-electron chi connectivity index (χ2n) is 6.59. The number of morpholine rings is 1. The van der Waals surface area contributed by atoms with Gasteiger partial charge in [-0.25, -0.2) is 0 Å². The van der Waals surface area contributed by atoms with Crippen LogP contribution in [-0.2, 0) is 4.74 Å². The van der Waals surface area contributed by atoms with Crippen LogP contribution in [0, 0.1) is 0 Å². The Balaban J connectivity index is 1.53. The lowest BCUT2D eigenvalue weighted by molar-refractivity contribution is -0.908. The van der Waals surface area contributed by atoms with Crippen molar-refractivity contribution in [1.29, 1.82) is 0 Å².